The lowest BCUT2D eigenvalue weighted by molar-refractivity contribution is -0.136. The van der Waals surface area contributed by atoms with E-state index < -0.39 is 5.41 Å². The van der Waals surface area contributed by atoms with Crippen LogP contribution in [0.5, 0.6) is 5.75 Å². The Labute approximate surface area is 132 Å². The van der Waals surface area contributed by atoms with Crippen molar-refractivity contribution >= 4 is 11.6 Å². The second kappa shape index (κ2) is 4.68. The molecule has 3 heteroatoms. The van der Waals surface area contributed by atoms with Crippen LogP contribution in [0.2, 0.25) is 0 Å². The van der Waals surface area contributed by atoms with Crippen molar-refractivity contribution in [3.8, 4) is 5.75 Å². The third kappa shape index (κ3) is 1.87. The Morgan fingerprint density at radius 3 is 2.50 bits per heavy atom. The molecule has 0 N–H and O–H groups in total. The van der Waals surface area contributed by atoms with Crippen LogP contribution in [0, 0.1) is 18.3 Å². The number of rotatable bonds is 1. The van der Waals surface area contributed by atoms with Gasteiger partial charge in [0.05, 0.1) is 7.11 Å². The molecule has 3 rings (SSSR count). The SMILES string of the molecule is COc1cc2c(cc1C)C(=O)CC1C(C)(C)C(=O)CC[C@]21C. The first kappa shape index (κ1) is 15.3. The average molecular weight is 300 g/mol. The van der Waals surface area contributed by atoms with Crippen molar-refractivity contribution in [2.24, 2.45) is 11.3 Å². The second-order valence-corrected chi connectivity index (χ2v) is 7.61. The van der Waals surface area contributed by atoms with Gasteiger partial charge in [0.15, 0.2) is 5.78 Å². The van der Waals surface area contributed by atoms with Crippen molar-refractivity contribution in [2.75, 3.05) is 7.11 Å². The number of fused-ring (bicyclic) bond motifs is 3. The molecule has 118 valence electrons. The third-order valence-corrected chi connectivity index (χ3v) is 6.07. The molecular formula is C19H24O3. The summed E-state index contributed by atoms with van der Waals surface area (Å²) in [7, 11) is 1.66. The summed E-state index contributed by atoms with van der Waals surface area (Å²) in [4.78, 5) is 25.0. The molecule has 22 heavy (non-hydrogen) atoms. The van der Waals surface area contributed by atoms with E-state index >= 15 is 0 Å². The number of ether oxygens (including phenoxy) is 1. The molecule has 0 radical (unpaired) electrons. The zero-order chi connectivity index (χ0) is 16.3. The minimum atomic E-state index is -0.446. The minimum absolute atomic E-state index is 0.0636. The van der Waals surface area contributed by atoms with E-state index in [4.69, 9.17) is 4.74 Å². The number of benzene rings is 1. The van der Waals surface area contributed by atoms with Gasteiger partial charge in [-0.1, -0.05) is 20.8 Å². The first-order valence-corrected chi connectivity index (χ1v) is 7.97. The van der Waals surface area contributed by atoms with Crippen LogP contribution in [0.4, 0.5) is 0 Å². The molecule has 0 saturated heterocycles. The summed E-state index contributed by atoms with van der Waals surface area (Å²) in [6.07, 6.45) is 1.87. The number of carbonyl (C=O) groups excluding carboxylic acids is 2. The summed E-state index contributed by atoms with van der Waals surface area (Å²) in [6.45, 7) is 8.18. The molecule has 2 aliphatic rings. The fourth-order valence-corrected chi connectivity index (χ4v) is 4.57. The highest BCUT2D eigenvalue weighted by molar-refractivity contribution is 6.01. The van der Waals surface area contributed by atoms with Crippen molar-refractivity contribution in [3.63, 3.8) is 0 Å². The summed E-state index contributed by atoms with van der Waals surface area (Å²) in [5.74, 6) is 1.33. The summed E-state index contributed by atoms with van der Waals surface area (Å²) >= 11 is 0. The zero-order valence-corrected chi connectivity index (χ0v) is 14.1. The lowest BCUT2D eigenvalue weighted by Gasteiger charge is -2.52. The molecule has 0 spiro atoms. The van der Waals surface area contributed by atoms with Gasteiger partial charge in [0, 0.05) is 23.8 Å². The average Bonchev–Trinajstić information content (AvgIpc) is 2.46. The molecular weight excluding hydrogens is 276 g/mol. The molecule has 2 atom stereocenters. The number of hydrogen-bond acceptors (Lipinski definition) is 3. The monoisotopic (exact) mass is 300 g/mol. The van der Waals surface area contributed by atoms with E-state index in [0.29, 0.717) is 12.8 Å². The highest BCUT2D eigenvalue weighted by atomic mass is 16.5. The normalized spacial score (nSPS) is 29.8. The maximum absolute atomic E-state index is 12.7. The number of hydrogen-bond donors (Lipinski definition) is 0. The molecule has 0 heterocycles. The standard InChI is InChI=1S/C19H24O3/c1-11-8-12-13(9-15(11)22-5)19(4)7-6-17(21)18(2,3)16(19)10-14(12)20/h8-9,16H,6-7,10H2,1-5H3/t16?,19-/m1/s1. The van der Waals surface area contributed by atoms with Gasteiger partial charge in [0.1, 0.15) is 11.5 Å². The topological polar surface area (TPSA) is 43.4 Å². The van der Waals surface area contributed by atoms with Gasteiger partial charge >= 0.3 is 0 Å². The smallest absolute Gasteiger partial charge is 0.163 e. The maximum atomic E-state index is 12.7. The Balaban J connectivity index is 2.23. The molecule has 1 aromatic carbocycles. The van der Waals surface area contributed by atoms with Crippen molar-refractivity contribution in [1.29, 1.82) is 0 Å². The Kier molecular flexibility index (Phi) is 3.24. The van der Waals surface area contributed by atoms with Crippen LogP contribution in [-0.4, -0.2) is 18.7 Å². The molecule has 1 saturated carbocycles. The van der Waals surface area contributed by atoms with E-state index in [-0.39, 0.29) is 22.9 Å². The van der Waals surface area contributed by atoms with Crippen LogP contribution in [0.15, 0.2) is 12.1 Å². The fraction of sp³-hybridized carbons (Fsp3) is 0.579. The predicted molar refractivity (Wildman–Crippen MR) is 85.5 cm³/mol. The summed E-state index contributed by atoms with van der Waals surface area (Å²) < 4.78 is 5.47. The van der Waals surface area contributed by atoms with Crippen molar-refractivity contribution < 1.29 is 14.3 Å². The van der Waals surface area contributed by atoms with Crippen molar-refractivity contribution in [3.05, 3.63) is 28.8 Å². The maximum Gasteiger partial charge on any atom is 0.163 e. The predicted octanol–water partition coefficient (Wildman–Crippen LogP) is 3.85. The molecule has 1 aromatic rings. The number of ketones is 2. The van der Waals surface area contributed by atoms with Crippen molar-refractivity contribution in [1.82, 2.24) is 0 Å². The van der Waals surface area contributed by atoms with Crippen LogP contribution < -0.4 is 4.74 Å². The van der Waals surface area contributed by atoms with Gasteiger partial charge in [-0.3, -0.25) is 9.59 Å². The summed E-state index contributed by atoms with van der Waals surface area (Å²) in [6, 6.07) is 3.99. The van der Waals surface area contributed by atoms with E-state index in [1.54, 1.807) is 7.11 Å². The van der Waals surface area contributed by atoms with Gasteiger partial charge in [0.25, 0.3) is 0 Å². The van der Waals surface area contributed by atoms with Gasteiger partial charge in [-0.05, 0) is 47.9 Å². The number of methoxy groups -OCH3 is 1. The number of carbonyl (C=O) groups is 2. The van der Waals surface area contributed by atoms with E-state index in [9.17, 15) is 9.59 Å². The minimum Gasteiger partial charge on any atom is -0.496 e. The van der Waals surface area contributed by atoms with Crippen LogP contribution in [0.1, 0.15) is 61.5 Å². The Morgan fingerprint density at radius 1 is 1.18 bits per heavy atom. The van der Waals surface area contributed by atoms with Crippen LogP contribution in [-0.2, 0) is 10.2 Å². The third-order valence-electron chi connectivity index (χ3n) is 6.07. The van der Waals surface area contributed by atoms with E-state index in [1.807, 2.05) is 32.9 Å². The zero-order valence-electron chi connectivity index (χ0n) is 14.1. The van der Waals surface area contributed by atoms with Crippen LogP contribution in [0.3, 0.4) is 0 Å². The molecule has 0 aliphatic heterocycles. The lowest BCUT2D eigenvalue weighted by Crippen LogP contribution is -2.53. The Bertz CT molecular complexity index is 672. The molecule has 2 aliphatic carbocycles. The van der Waals surface area contributed by atoms with Gasteiger partial charge in [-0.25, -0.2) is 0 Å². The van der Waals surface area contributed by atoms with Gasteiger partial charge in [-0.2, -0.15) is 0 Å². The molecule has 1 unspecified atom stereocenters. The van der Waals surface area contributed by atoms with E-state index in [2.05, 4.69) is 6.92 Å². The van der Waals surface area contributed by atoms with E-state index in [0.717, 1.165) is 28.9 Å². The summed E-state index contributed by atoms with van der Waals surface area (Å²) in [5.41, 5.74) is 2.29. The van der Waals surface area contributed by atoms with Crippen LogP contribution >= 0.6 is 0 Å². The summed E-state index contributed by atoms with van der Waals surface area (Å²) in [5, 5.41) is 0. The Morgan fingerprint density at radius 2 is 1.86 bits per heavy atom. The highest BCUT2D eigenvalue weighted by Gasteiger charge is 2.55. The van der Waals surface area contributed by atoms with Gasteiger partial charge < -0.3 is 4.74 Å². The van der Waals surface area contributed by atoms with Crippen molar-refractivity contribution in [2.45, 2.75) is 52.4 Å². The molecule has 0 bridgehead atoms. The quantitative estimate of drug-likeness (QED) is 0.791. The van der Waals surface area contributed by atoms with Gasteiger partial charge in [0.2, 0.25) is 0 Å². The number of aryl methyl sites for hydroxylation is 1. The first-order valence-electron chi connectivity index (χ1n) is 7.97. The molecule has 1 fully saturated rings. The van der Waals surface area contributed by atoms with Gasteiger partial charge in [-0.15, -0.1) is 0 Å². The molecule has 0 amide bonds. The first-order chi connectivity index (χ1) is 10.2. The highest BCUT2D eigenvalue weighted by Crippen LogP contribution is 2.56. The lowest BCUT2D eigenvalue weighted by atomic mass is 9.49. The largest absolute Gasteiger partial charge is 0.496 e. The Hall–Kier alpha value is -1.64. The second-order valence-electron chi connectivity index (χ2n) is 7.61. The molecule has 3 nitrogen and oxygen atoms in total. The van der Waals surface area contributed by atoms with Crippen LogP contribution in [0.25, 0.3) is 0 Å². The molecule has 0 aromatic heterocycles. The van der Waals surface area contributed by atoms with E-state index in [1.165, 1.54) is 0 Å². The fourth-order valence-electron chi connectivity index (χ4n) is 4.57. The number of Topliss-reactive ketones (excluding diaryl/α,β-unsaturated/α-hetero) is 2.